The average molecular weight is 426 g/mol. The lowest BCUT2D eigenvalue weighted by Crippen LogP contribution is -2.49. The van der Waals surface area contributed by atoms with Crippen LogP contribution in [0.4, 0.5) is 5.13 Å². The minimum atomic E-state index is -0.276. The standard InChI is InChI=1S/C22H27N5O2S/c1-3-17-24-20-18(21(29)26(17)4-2)25-22(30-20)27-13-9-8-12-16(27)19(28)23-14-15-10-6-5-7-11-15/h5-7,10-11,16H,3-4,8-9,12-14H2,1-2H3,(H,23,28)/t16-/m1/s1. The molecule has 1 fully saturated rings. The first kappa shape index (κ1) is 20.5. The summed E-state index contributed by atoms with van der Waals surface area (Å²) >= 11 is 1.41. The van der Waals surface area contributed by atoms with Crippen LogP contribution in [0.25, 0.3) is 10.3 Å². The van der Waals surface area contributed by atoms with Crippen LogP contribution < -0.4 is 15.8 Å². The fraction of sp³-hybridized carbons (Fsp3) is 0.455. The van der Waals surface area contributed by atoms with Crippen molar-refractivity contribution in [2.24, 2.45) is 0 Å². The van der Waals surface area contributed by atoms with Gasteiger partial charge in [0.25, 0.3) is 5.56 Å². The Morgan fingerprint density at radius 3 is 2.73 bits per heavy atom. The van der Waals surface area contributed by atoms with Gasteiger partial charge in [-0.05, 0) is 31.7 Å². The molecule has 3 heterocycles. The van der Waals surface area contributed by atoms with Crippen LogP contribution in [0.2, 0.25) is 0 Å². The number of hydrogen-bond acceptors (Lipinski definition) is 6. The number of rotatable bonds is 6. The molecule has 1 N–H and O–H groups in total. The molecule has 1 amide bonds. The third kappa shape index (κ3) is 3.96. The quantitative estimate of drug-likeness (QED) is 0.656. The van der Waals surface area contributed by atoms with Crippen LogP contribution in [0, 0.1) is 0 Å². The Hall–Kier alpha value is -2.74. The number of fused-ring (bicyclic) bond motifs is 1. The number of anilines is 1. The highest BCUT2D eigenvalue weighted by atomic mass is 32.1. The van der Waals surface area contributed by atoms with Crippen molar-refractivity contribution in [1.29, 1.82) is 0 Å². The Labute approximate surface area is 179 Å². The highest BCUT2D eigenvalue weighted by Crippen LogP contribution is 2.31. The second-order valence-corrected chi connectivity index (χ2v) is 8.45. The summed E-state index contributed by atoms with van der Waals surface area (Å²) in [5.41, 5.74) is 1.39. The molecule has 0 unspecified atom stereocenters. The molecule has 0 radical (unpaired) electrons. The van der Waals surface area contributed by atoms with Gasteiger partial charge in [0.1, 0.15) is 11.9 Å². The first-order chi connectivity index (χ1) is 14.6. The average Bonchev–Trinajstić information content (AvgIpc) is 3.22. The van der Waals surface area contributed by atoms with E-state index in [2.05, 4.69) is 20.2 Å². The first-order valence-corrected chi connectivity index (χ1v) is 11.4. The minimum Gasteiger partial charge on any atom is -0.350 e. The Bertz CT molecular complexity index is 1090. The maximum absolute atomic E-state index is 13.0. The van der Waals surface area contributed by atoms with Gasteiger partial charge in [-0.3, -0.25) is 14.2 Å². The van der Waals surface area contributed by atoms with Gasteiger partial charge in [0.05, 0.1) is 0 Å². The molecule has 30 heavy (non-hydrogen) atoms. The van der Waals surface area contributed by atoms with Crippen molar-refractivity contribution in [2.75, 3.05) is 11.4 Å². The lowest BCUT2D eigenvalue weighted by atomic mass is 10.0. The predicted octanol–water partition coefficient (Wildman–Crippen LogP) is 3.11. The molecule has 0 saturated carbocycles. The van der Waals surface area contributed by atoms with Gasteiger partial charge in [0.2, 0.25) is 5.91 Å². The van der Waals surface area contributed by atoms with Gasteiger partial charge in [-0.25, -0.2) is 9.97 Å². The monoisotopic (exact) mass is 425 g/mol. The second-order valence-electron chi connectivity index (χ2n) is 7.49. The van der Waals surface area contributed by atoms with Crippen LogP contribution in [0.1, 0.15) is 44.5 Å². The molecule has 1 atom stereocenters. The number of carbonyl (C=O) groups excluding carboxylic acids is 1. The number of amides is 1. The van der Waals surface area contributed by atoms with E-state index in [1.807, 2.05) is 44.2 Å². The highest BCUT2D eigenvalue weighted by molar-refractivity contribution is 7.21. The smallest absolute Gasteiger partial charge is 0.281 e. The topological polar surface area (TPSA) is 80.1 Å². The predicted molar refractivity (Wildman–Crippen MR) is 120 cm³/mol. The van der Waals surface area contributed by atoms with Crippen LogP contribution in [-0.4, -0.2) is 33.0 Å². The molecule has 2 aromatic heterocycles. The van der Waals surface area contributed by atoms with E-state index >= 15 is 0 Å². The molecule has 1 saturated heterocycles. The van der Waals surface area contributed by atoms with Crippen LogP contribution >= 0.6 is 11.3 Å². The van der Waals surface area contributed by atoms with Crippen molar-refractivity contribution in [3.8, 4) is 0 Å². The minimum absolute atomic E-state index is 0.00554. The zero-order valence-corrected chi connectivity index (χ0v) is 18.2. The van der Waals surface area contributed by atoms with Crippen LogP contribution in [0.5, 0.6) is 0 Å². The largest absolute Gasteiger partial charge is 0.350 e. The maximum Gasteiger partial charge on any atom is 0.281 e. The van der Waals surface area contributed by atoms with Crippen molar-refractivity contribution in [2.45, 2.75) is 58.7 Å². The summed E-state index contributed by atoms with van der Waals surface area (Å²) in [6.45, 7) is 5.78. The molecule has 0 aliphatic carbocycles. The zero-order valence-electron chi connectivity index (χ0n) is 17.4. The number of carbonyl (C=O) groups is 1. The molecule has 158 valence electrons. The molecule has 7 nitrogen and oxygen atoms in total. The van der Waals surface area contributed by atoms with Gasteiger partial charge in [-0.2, -0.15) is 0 Å². The first-order valence-electron chi connectivity index (χ1n) is 10.6. The summed E-state index contributed by atoms with van der Waals surface area (Å²) in [5, 5.41) is 3.78. The fourth-order valence-electron chi connectivity index (χ4n) is 3.99. The van der Waals surface area contributed by atoms with Crippen LogP contribution in [0.3, 0.4) is 0 Å². The summed E-state index contributed by atoms with van der Waals surface area (Å²) < 4.78 is 1.69. The maximum atomic E-state index is 13.0. The second kappa shape index (κ2) is 8.95. The lowest BCUT2D eigenvalue weighted by Gasteiger charge is -2.34. The molecular weight excluding hydrogens is 398 g/mol. The fourth-order valence-corrected chi connectivity index (χ4v) is 5.02. The van der Waals surface area contributed by atoms with Gasteiger partial charge >= 0.3 is 0 Å². The molecule has 1 aliphatic rings. The number of aryl methyl sites for hydroxylation is 1. The summed E-state index contributed by atoms with van der Waals surface area (Å²) in [5.74, 6) is 0.784. The van der Waals surface area contributed by atoms with Gasteiger partial charge < -0.3 is 10.2 Å². The summed E-state index contributed by atoms with van der Waals surface area (Å²) in [6.07, 6.45) is 3.49. The van der Waals surface area contributed by atoms with Crippen molar-refractivity contribution >= 4 is 32.7 Å². The SMILES string of the molecule is CCc1nc2sc(N3CCCC[C@@H]3C(=O)NCc3ccccc3)nc2c(=O)n1CC. The van der Waals surface area contributed by atoms with E-state index in [4.69, 9.17) is 0 Å². The summed E-state index contributed by atoms with van der Waals surface area (Å²) in [7, 11) is 0. The molecular formula is C22H27N5O2S. The van der Waals surface area contributed by atoms with E-state index < -0.39 is 0 Å². The molecule has 0 bridgehead atoms. The van der Waals surface area contributed by atoms with Crippen molar-refractivity contribution in [1.82, 2.24) is 19.9 Å². The molecule has 0 spiro atoms. The molecule has 1 aromatic carbocycles. The summed E-state index contributed by atoms with van der Waals surface area (Å²) in [6, 6.07) is 9.63. The molecule has 1 aliphatic heterocycles. The number of thiazole rings is 1. The van der Waals surface area contributed by atoms with E-state index in [0.717, 1.165) is 37.2 Å². The summed E-state index contributed by atoms with van der Waals surface area (Å²) in [4.78, 5) is 37.9. The lowest BCUT2D eigenvalue weighted by molar-refractivity contribution is -0.123. The van der Waals surface area contributed by atoms with E-state index in [9.17, 15) is 9.59 Å². The van der Waals surface area contributed by atoms with Crippen LogP contribution in [-0.2, 0) is 24.3 Å². The zero-order chi connectivity index (χ0) is 21.1. The van der Waals surface area contributed by atoms with Gasteiger partial charge in [0.15, 0.2) is 15.5 Å². The van der Waals surface area contributed by atoms with E-state index in [-0.39, 0.29) is 17.5 Å². The normalized spacial score (nSPS) is 16.7. The van der Waals surface area contributed by atoms with Gasteiger partial charge in [0, 0.05) is 26.1 Å². The highest BCUT2D eigenvalue weighted by Gasteiger charge is 2.31. The Kier molecular flexibility index (Phi) is 6.13. The van der Waals surface area contributed by atoms with Gasteiger partial charge in [-0.1, -0.05) is 48.6 Å². The third-order valence-corrected chi connectivity index (χ3v) is 6.57. The van der Waals surface area contributed by atoms with Gasteiger partial charge in [-0.15, -0.1) is 0 Å². The molecule has 4 rings (SSSR count). The van der Waals surface area contributed by atoms with Crippen molar-refractivity contribution in [3.63, 3.8) is 0 Å². The number of benzene rings is 1. The van der Waals surface area contributed by atoms with Crippen LogP contribution in [0.15, 0.2) is 35.1 Å². The Morgan fingerprint density at radius 2 is 2.00 bits per heavy atom. The Balaban J connectivity index is 1.60. The number of nitrogens with zero attached hydrogens (tertiary/aromatic N) is 4. The number of piperidine rings is 1. The number of hydrogen-bond donors (Lipinski definition) is 1. The van der Waals surface area contributed by atoms with E-state index in [1.165, 1.54) is 11.3 Å². The van der Waals surface area contributed by atoms with Crippen molar-refractivity contribution in [3.05, 3.63) is 52.1 Å². The van der Waals surface area contributed by atoms with Crippen molar-refractivity contribution < 1.29 is 4.79 Å². The molecule has 3 aromatic rings. The van der Waals surface area contributed by atoms with E-state index in [0.29, 0.717) is 35.0 Å². The Morgan fingerprint density at radius 1 is 1.20 bits per heavy atom. The van der Waals surface area contributed by atoms with E-state index in [1.54, 1.807) is 4.57 Å². The third-order valence-electron chi connectivity index (χ3n) is 5.58. The number of aromatic nitrogens is 3. The molecule has 8 heteroatoms. The number of nitrogens with one attached hydrogen (secondary N) is 1.